The van der Waals surface area contributed by atoms with Crippen LogP contribution in [0.4, 0.5) is 11.4 Å². The number of benzene rings is 1. The number of hydrogen-bond acceptors (Lipinski definition) is 3. The summed E-state index contributed by atoms with van der Waals surface area (Å²) in [7, 11) is 0. The molecule has 4 nitrogen and oxygen atoms in total. The number of nitrogens with zero attached hydrogens (tertiary/aromatic N) is 1. The topological polar surface area (TPSA) is 55.2 Å². The van der Waals surface area contributed by atoms with Crippen LogP contribution in [0.2, 0.25) is 10.0 Å². The number of nitro benzene ring substituents is 1. The average Bonchev–Trinajstić information content (AvgIpc) is 2.94. The minimum Gasteiger partial charge on any atom is -0.380 e. The summed E-state index contributed by atoms with van der Waals surface area (Å²) < 4.78 is 0. The lowest BCUT2D eigenvalue weighted by atomic mass is 10.2. The Hall–Kier alpha value is -1.00. The van der Waals surface area contributed by atoms with Crippen molar-refractivity contribution in [3.63, 3.8) is 0 Å². The Balaban J connectivity index is 2.34. The summed E-state index contributed by atoms with van der Waals surface area (Å²) in [4.78, 5) is 10.0. The molecular weight excluding hydrogens is 239 g/mol. The molecule has 1 fully saturated rings. The first kappa shape index (κ1) is 10.5. The second kappa shape index (κ2) is 3.87. The number of rotatable bonds is 3. The highest BCUT2D eigenvalue weighted by atomic mass is 35.5. The lowest BCUT2D eigenvalue weighted by molar-refractivity contribution is -0.384. The summed E-state index contributed by atoms with van der Waals surface area (Å²) >= 11 is 11.8. The monoisotopic (exact) mass is 246 g/mol. The first-order valence-corrected chi connectivity index (χ1v) is 5.23. The third kappa shape index (κ3) is 2.33. The third-order valence-electron chi connectivity index (χ3n) is 2.16. The standard InChI is InChI=1S/C9H8Cl2N2O2/c10-7-3-6(13(14)15)4-8(11)9(7)12-5-1-2-5/h3-5,12H,1-2H2. The van der Waals surface area contributed by atoms with E-state index in [0.29, 0.717) is 21.8 Å². The van der Waals surface area contributed by atoms with Crippen LogP contribution in [0, 0.1) is 10.1 Å². The maximum Gasteiger partial charge on any atom is 0.272 e. The lowest BCUT2D eigenvalue weighted by Crippen LogP contribution is -2.02. The summed E-state index contributed by atoms with van der Waals surface area (Å²) in [6.07, 6.45) is 2.17. The van der Waals surface area contributed by atoms with Gasteiger partial charge in [0.1, 0.15) is 0 Å². The van der Waals surface area contributed by atoms with Gasteiger partial charge in [0.05, 0.1) is 20.7 Å². The van der Waals surface area contributed by atoms with Crippen molar-refractivity contribution in [1.29, 1.82) is 0 Å². The number of anilines is 1. The second-order valence-electron chi connectivity index (χ2n) is 3.46. The fourth-order valence-electron chi connectivity index (χ4n) is 1.23. The molecule has 1 aromatic carbocycles. The van der Waals surface area contributed by atoms with Crippen molar-refractivity contribution < 1.29 is 4.92 Å². The van der Waals surface area contributed by atoms with Gasteiger partial charge < -0.3 is 5.32 Å². The van der Waals surface area contributed by atoms with Gasteiger partial charge in [0.15, 0.2) is 0 Å². The van der Waals surface area contributed by atoms with Gasteiger partial charge in [0, 0.05) is 18.2 Å². The van der Waals surface area contributed by atoms with Crippen molar-refractivity contribution in [2.75, 3.05) is 5.32 Å². The van der Waals surface area contributed by atoms with E-state index in [-0.39, 0.29) is 5.69 Å². The van der Waals surface area contributed by atoms with E-state index in [4.69, 9.17) is 23.2 Å². The van der Waals surface area contributed by atoms with Crippen molar-refractivity contribution in [3.8, 4) is 0 Å². The molecule has 0 bridgehead atoms. The molecule has 15 heavy (non-hydrogen) atoms. The van der Waals surface area contributed by atoms with Crippen LogP contribution in [0.1, 0.15) is 12.8 Å². The number of halogens is 2. The number of nitrogens with one attached hydrogen (secondary N) is 1. The zero-order valence-corrected chi connectivity index (χ0v) is 9.18. The zero-order chi connectivity index (χ0) is 11.0. The van der Waals surface area contributed by atoms with E-state index in [9.17, 15) is 10.1 Å². The SMILES string of the molecule is O=[N+]([O-])c1cc(Cl)c(NC2CC2)c(Cl)c1. The van der Waals surface area contributed by atoms with Gasteiger partial charge in [-0.05, 0) is 12.8 Å². The number of nitro groups is 1. The maximum absolute atomic E-state index is 10.5. The van der Waals surface area contributed by atoms with Crippen molar-refractivity contribution in [2.24, 2.45) is 0 Å². The Morgan fingerprint density at radius 3 is 2.27 bits per heavy atom. The summed E-state index contributed by atoms with van der Waals surface area (Å²) in [5.74, 6) is 0. The zero-order valence-electron chi connectivity index (χ0n) is 7.67. The quantitative estimate of drug-likeness (QED) is 0.657. The van der Waals surface area contributed by atoms with Gasteiger partial charge in [-0.1, -0.05) is 23.2 Å². The Kier molecular flexibility index (Phi) is 2.71. The second-order valence-corrected chi connectivity index (χ2v) is 4.27. The lowest BCUT2D eigenvalue weighted by Gasteiger charge is -2.08. The Morgan fingerprint density at radius 1 is 1.33 bits per heavy atom. The van der Waals surface area contributed by atoms with Crippen LogP contribution in [0.15, 0.2) is 12.1 Å². The van der Waals surface area contributed by atoms with Crippen LogP contribution in [0.5, 0.6) is 0 Å². The van der Waals surface area contributed by atoms with Crippen LogP contribution in [0.3, 0.4) is 0 Å². The molecule has 2 rings (SSSR count). The van der Waals surface area contributed by atoms with Crippen molar-refractivity contribution >= 4 is 34.6 Å². The highest BCUT2D eigenvalue weighted by molar-refractivity contribution is 6.39. The van der Waals surface area contributed by atoms with Gasteiger partial charge in [-0.15, -0.1) is 0 Å². The molecule has 0 saturated heterocycles. The molecule has 0 aliphatic heterocycles. The maximum atomic E-state index is 10.5. The Bertz CT molecular complexity index is 396. The van der Waals surface area contributed by atoms with Gasteiger partial charge in [-0.25, -0.2) is 0 Å². The highest BCUT2D eigenvalue weighted by Gasteiger charge is 2.24. The van der Waals surface area contributed by atoms with E-state index < -0.39 is 4.92 Å². The fraction of sp³-hybridized carbons (Fsp3) is 0.333. The summed E-state index contributed by atoms with van der Waals surface area (Å²) in [6, 6.07) is 3.01. The molecule has 0 radical (unpaired) electrons. The smallest absolute Gasteiger partial charge is 0.272 e. The Morgan fingerprint density at radius 2 is 1.87 bits per heavy atom. The van der Waals surface area contributed by atoms with Gasteiger partial charge >= 0.3 is 0 Å². The van der Waals surface area contributed by atoms with Crippen molar-refractivity contribution in [2.45, 2.75) is 18.9 Å². The van der Waals surface area contributed by atoms with Gasteiger partial charge in [0.2, 0.25) is 0 Å². The summed E-state index contributed by atoms with van der Waals surface area (Å²) in [5.41, 5.74) is 0.498. The normalized spacial score (nSPS) is 15.1. The highest BCUT2D eigenvalue weighted by Crippen LogP contribution is 2.37. The van der Waals surface area contributed by atoms with Crippen molar-refractivity contribution in [3.05, 3.63) is 32.3 Å². The average molecular weight is 247 g/mol. The van der Waals surface area contributed by atoms with E-state index in [2.05, 4.69) is 5.32 Å². The molecule has 80 valence electrons. The predicted octanol–water partition coefficient (Wildman–Crippen LogP) is 3.48. The molecule has 0 heterocycles. The molecule has 0 atom stereocenters. The van der Waals surface area contributed by atoms with Crippen LogP contribution in [-0.2, 0) is 0 Å². The summed E-state index contributed by atoms with van der Waals surface area (Å²) in [6.45, 7) is 0. The molecule has 1 saturated carbocycles. The molecule has 0 spiro atoms. The third-order valence-corrected chi connectivity index (χ3v) is 2.76. The van der Waals surface area contributed by atoms with Crippen molar-refractivity contribution in [1.82, 2.24) is 0 Å². The first-order chi connectivity index (χ1) is 7.08. The van der Waals surface area contributed by atoms with E-state index in [0.717, 1.165) is 12.8 Å². The van der Waals surface area contributed by atoms with E-state index in [1.54, 1.807) is 0 Å². The largest absolute Gasteiger partial charge is 0.380 e. The molecule has 1 aliphatic rings. The Labute approximate surface area is 96.3 Å². The van der Waals surface area contributed by atoms with Crippen LogP contribution in [0.25, 0.3) is 0 Å². The van der Waals surface area contributed by atoms with Gasteiger partial charge in [0.25, 0.3) is 5.69 Å². The summed E-state index contributed by atoms with van der Waals surface area (Å²) in [5, 5.41) is 14.2. The molecule has 6 heteroatoms. The molecule has 0 amide bonds. The first-order valence-electron chi connectivity index (χ1n) is 4.48. The molecule has 1 N–H and O–H groups in total. The fourth-order valence-corrected chi connectivity index (χ4v) is 1.82. The number of non-ortho nitro benzene ring substituents is 1. The van der Waals surface area contributed by atoms with Crippen LogP contribution < -0.4 is 5.32 Å². The number of hydrogen-bond donors (Lipinski definition) is 1. The van der Waals surface area contributed by atoms with Gasteiger partial charge in [-0.2, -0.15) is 0 Å². The molecule has 0 unspecified atom stereocenters. The molecule has 1 aromatic rings. The van der Waals surface area contributed by atoms with E-state index in [1.165, 1.54) is 12.1 Å². The predicted molar refractivity (Wildman–Crippen MR) is 59.8 cm³/mol. The van der Waals surface area contributed by atoms with Crippen LogP contribution in [-0.4, -0.2) is 11.0 Å². The minimum absolute atomic E-state index is 0.0913. The van der Waals surface area contributed by atoms with E-state index >= 15 is 0 Å². The minimum atomic E-state index is -0.515. The van der Waals surface area contributed by atoms with Crippen LogP contribution >= 0.6 is 23.2 Å². The van der Waals surface area contributed by atoms with E-state index in [1.807, 2.05) is 0 Å². The van der Waals surface area contributed by atoms with Gasteiger partial charge in [-0.3, -0.25) is 10.1 Å². The molecular formula is C9H8Cl2N2O2. The molecule has 1 aliphatic carbocycles. The molecule has 0 aromatic heterocycles.